The molecule has 0 unspecified atom stereocenters. The van der Waals surface area contributed by atoms with E-state index >= 15 is 0 Å². The Hall–Kier alpha value is -3.16. The predicted molar refractivity (Wildman–Crippen MR) is 105 cm³/mol. The van der Waals surface area contributed by atoms with Gasteiger partial charge >= 0.3 is 11.8 Å². The maximum Gasteiger partial charge on any atom is 0.329 e. The van der Waals surface area contributed by atoms with Crippen molar-refractivity contribution in [2.75, 3.05) is 5.32 Å². The van der Waals surface area contributed by atoms with E-state index in [9.17, 15) is 14.4 Å². The summed E-state index contributed by atoms with van der Waals surface area (Å²) in [6.07, 6.45) is 1.16. The molecule has 9 heteroatoms. The zero-order valence-corrected chi connectivity index (χ0v) is 15.1. The second kappa shape index (κ2) is 8.03. The van der Waals surface area contributed by atoms with Crippen molar-refractivity contribution < 1.29 is 9.59 Å². The van der Waals surface area contributed by atoms with Crippen LogP contribution in [0.4, 0.5) is 5.69 Å². The van der Waals surface area contributed by atoms with E-state index in [4.69, 9.17) is 23.2 Å². The lowest BCUT2D eigenvalue weighted by molar-refractivity contribution is -0.136. The van der Waals surface area contributed by atoms with E-state index in [0.717, 1.165) is 11.6 Å². The zero-order valence-electron chi connectivity index (χ0n) is 13.6. The molecule has 0 saturated heterocycles. The first-order valence-electron chi connectivity index (χ1n) is 7.65. The van der Waals surface area contributed by atoms with E-state index < -0.39 is 11.8 Å². The highest BCUT2D eigenvalue weighted by Crippen LogP contribution is 2.24. The van der Waals surface area contributed by atoms with Crippen molar-refractivity contribution >= 4 is 57.8 Å². The summed E-state index contributed by atoms with van der Waals surface area (Å²) < 4.78 is 0. The van der Waals surface area contributed by atoms with Crippen LogP contribution < -0.4 is 16.3 Å². The highest BCUT2D eigenvalue weighted by atomic mass is 35.5. The maximum atomic E-state index is 12.0. The Morgan fingerprint density at radius 1 is 1.00 bits per heavy atom. The van der Waals surface area contributed by atoms with Gasteiger partial charge in [-0.05, 0) is 35.7 Å². The van der Waals surface area contributed by atoms with Crippen LogP contribution in [-0.4, -0.2) is 23.0 Å². The third-order valence-corrected chi connectivity index (χ3v) is 4.27. The lowest BCUT2D eigenvalue weighted by Gasteiger charge is -2.05. The molecule has 0 aliphatic rings. The zero-order chi connectivity index (χ0) is 19.4. The first-order chi connectivity index (χ1) is 12.9. The van der Waals surface area contributed by atoms with E-state index in [1.54, 1.807) is 18.2 Å². The van der Waals surface area contributed by atoms with Crippen molar-refractivity contribution in [1.82, 2.24) is 10.4 Å². The van der Waals surface area contributed by atoms with Crippen LogP contribution in [0.25, 0.3) is 10.9 Å². The molecule has 0 fully saturated rings. The fraction of sp³-hybridized carbons (Fsp3) is 0. The summed E-state index contributed by atoms with van der Waals surface area (Å²) >= 11 is 11.6. The van der Waals surface area contributed by atoms with Gasteiger partial charge in [0.1, 0.15) is 0 Å². The molecule has 0 atom stereocenters. The maximum absolute atomic E-state index is 12.0. The first kappa shape index (κ1) is 18.6. The molecule has 1 heterocycles. The highest BCUT2D eigenvalue weighted by molar-refractivity contribution is 6.42. The third kappa shape index (κ3) is 4.52. The van der Waals surface area contributed by atoms with Crippen LogP contribution in [-0.2, 0) is 9.59 Å². The molecule has 2 amide bonds. The summed E-state index contributed by atoms with van der Waals surface area (Å²) in [5.74, 6) is -1.95. The number of carbonyl (C=O) groups excluding carboxylic acids is 2. The molecule has 0 spiro atoms. The number of fused-ring (bicyclic) bond motifs is 1. The summed E-state index contributed by atoms with van der Waals surface area (Å²) in [6.45, 7) is 0. The van der Waals surface area contributed by atoms with Gasteiger partial charge in [0.25, 0.3) is 5.56 Å². The minimum absolute atomic E-state index is 0.235. The minimum Gasteiger partial charge on any atom is -0.321 e. The number of hydrazone groups is 1. The van der Waals surface area contributed by atoms with E-state index in [0.29, 0.717) is 16.2 Å². The molecule has 136 valence electrons. The van der Waals surface area contributed by atoms with E-state index in [2.05, 4.69) is 20.8 Å². The number of anilines is 1. The summed E-state index contributed by atoms with van der Waals surface area (Å²) in [5.41, 5.74) is 2.92. The van der Waals surface area contributed by atoms with Crippen LogP contribution in [0, 0.1) is 0 Å². The van der Waals surface area contributed by atoms with Gasteiger partial charge in [0.2, 0.25) is 0 Å². The minimum atomic E-state index is -1.01. The van der Waals surface area contributed by atoms with Crippen molar-refractivity contribution in [1.29, 1.82) is 0 Å². The van der Waals surface area contributed by atoms with Gasteiger partial charge in [-0.25, -0.2) is 5.43 Å². The molecule has 27 heavy (non-hydrogen) atoms. The average molecular weight is 403 g/mol. The molecular weight excluding hydrogens is 391 g/mol. The second-order valence-corrected chi connectivity index (χ2v) is 6.24. The number of rotatable bonds is 3. The number of carbonyl (C=O) groups is 2. The van der Waals surface area contributed by atoms with E-state index in [1.165, 1.54) is 18.2 Å². The number of amides is 2. The van der Waals surface area contributed by atoms with Crippen molar-refractivity contribution in [3.05, 3.63) is 74.5 Å². The Morgan fingerprint density at radius 3 is 2.56 bits per heavy atom. The Morgan fingerprint density at radius 2 is 1.78 bits per heavy atom. The Bertz CT molecular complexity index is 1130. The van der Waals surface area contributed by atoms with E-state index in [-0.39, 0.29) is 16.1 Å². The SMILES string of the molecule is O=C(NN=Cc1cc2ccccc2[nH]c1=O)C(=O)Nc1ccc(Cl)c(Cl)c1. The summed E-state index contributed by atoms with van der Waals surface area (Å²) in [6, 6.07) is 13.2. The number of hydrogen-bond acceptors (Lipinski definition) is 4. The first-order valence-corrected chi connectivity index (χ1v) is 8.41. The van der Waals surface area contributed by atoms with Gasteiger partial charge in [0.05, 0.1) is 21.8 Å². The van der Waals surface area contributed by atoms with Crippen LogP contribution in [0.1, 0.15) is 5.56 Å². The van der Waals surface area contributed by atoms with Crippen LogP contribution in [0.15, 0.2) is 58.4 Å². The van der Waals surface area contributed by atoms with Gasteiger partial charge in [0.15, 0.2) is 0 Å². The molecule has 0 aliphatic carbocycles. The lowest BCUT2D eigenvalue weighted by atomic mass is 10.2. The van der Waals surface area contributed by atoms with Gasteiger partial charge in [-0.1, -0.05) is 41.4 Å². The number of aromatic nitrogens is 1. The lowest BCUT2D eigenvalue weighted by Crippen LogP contribution is -2.32. The van der Waals surface area contributed by atoms with Crippen molar-refractivity contribution in [2.45, 2.75) is 0 Å². The van der Waals surface area contributed by atoms with Crippen LogP contribution >= 0.6 is 23.2 Å². The number of para-hydroxylation sites is 1. The average Bonchev–Trinajstić information content (AvgIpc) is 2.65. The van der Waals surface area contributed by atoms with Crippen LogP contribution in [0.2, 0.25) is 10.0 Å². The quantitative estimate of drug-likeness (QED) is 0.356. The highest BCUT2D eigenvalue weighted by Gasteiger charge is 2.13. The van der Waals surface area contributed by atoms with Gasteiger partial charge in [-0.2, -0.15) is 5.10 Å². The molecule has 0 radical (unpaired) electrons. The Kier molecular flexibility index (Phi) is 5.54. The molecule has 0 aliphatic heterocycles. The van der Waals surface area contributed by atoms with Gasteiger partial charge in [0, 0.05) is 11.2 Å². The molecule has 3 aromatic rings. The molecule has 2 aromatic carbocycles. The summed E-state index contributed by atoms with van der Waals surface area (Å²) in [7, 11) is 0. The molecular formula is C18H12Cl2N4O3. The fourth-order valence-electron chi connectivity index (χ4n) is 2.23. The standard InChI is InChI=1S/C18H12Cl2N4O3/c19-13-6-5-12(8-14(13)20)22-17(26)18(27)24-21-9-11-7-10-3-1-2-4-15(10)23-16(11)25/h1-9H,(H,22,26)(H,23,25)(H,24,27). The number of halogens is 2. The number of nitrogens with one attached hydrogen (secondary N) is 3. The Labute approximate surface area is 163 Å². The number of benzene rings is 2. The normalized spacial score (nSPS) is 10.9. The predicted octanol–water partition coefficient (Wildman–Crippen LogP) is 2.92. The Balaban J connectivity index is 1.66. The largest absolute Gasteiger partial charge is 0.329 e. The smallest absolute Gasteiger partial charge is 0.321 e. The molecule has 0 bridgehead atoms. The van der Waals surface area contributed by atoms with Crippen molar-refractivity contribution in [3.63, 3.8) is 0 Å². The third-order valence-electron chi connectivity index (χ3n) is 3.54. The van der Waals surface area contributed by atoms with Gasteiger partial charge < -0.3 is 10.3 Å². The topological polar surface area (TPSA) is 103 Å². The summed E-state index contributed by atoms with van der Waals surface area (Å²) in [4.78, 5) is 38.3. The van der Waals surface area contributed by atoms with Crippen molar-refractivity contribution in [2.24, 2.45) is 5.10 Å². The molecule has 1 aromatic heterocycles. The van der Waals surface area contributed by atoms with Gasteiger partial charge in [-0.3, -0.25) is 14.4 Å². The number of nitrogens with zero attached hydrogens (tertiary/aromatic N) is 1. The molecule has 3 rings (SSSR count). The number of hydrogen-bond donors (Lipinski definition) is 3. The number of aromatic amines is 1. The van der Waals surface area contributed by atoms with Gasteiger partial charge in [-0.15, -0.1) is 0 Å². The molecule has 0 saturated carbocycles. The monoisotopic (exact) mass is 402 g/mol. The van der Waals surface area contributed by atoms with E-state index in [1.807, 2.05) is 12.1 Å². The fourth-order valence-corrected chi connectivity index (χ4v) is 2.53. The second-order valence-electron chi connectivity index (χ2n) is 5.42. The van der Waals surface area contributed by atoms with Crippen LogP contribution in [0.5, 0.6) is 0 Å². The summed E-state index contributed by atoms with van der Waals surface area (Å²) in [5, 5.41) is 7.38. The number of H-pyrrole nitrogens is 1. The molecule has 3 N–H and O–H groups in total. The van der Waals surface area contributed by atoms with Crippen LogP contribution in [0.3, 0.4) is 0 Å². The number of pyridine rings is 1. The molecule has 7 nitrogen and oxygen atoms in total. The van der Waals surface area contributed by atoms with Crippen molar-refractivity contribution in [3.8, 4) is 0 Å².